The molecule has 192 valence electrons. The van der Waals surface area contributed by atoms with Gasteiger partial charge in [0, 0.05) is 6.54 Å². The van der Waals surface area contributed by atoms with Gasteiger partial charge in [0.1, 0.15) is 5.60 Å². The highest BCUT2D eigenvalue weighted by molar-refractivity contribution is 7.89. The smallest absolute Gasteiger partial charge is 0.410 e. The fourth-order valence-electron chi connectivity index (χ4n) is 3.33. The predicted octanol–water partition coefficient (Wildman–Crippen LogP) is 3.72. The summed E-state index contributed by atoms with van der Waals surface area (Å²) in [7, 11) is -3.90. The van der Waals surface area contributed by atoms with Gasteiger partial charge in [0.25, 0.3) is 0 Å². The molecular weight excluding hydrogens is 468 g/mol. The average Bonchev–Trinajstić information content (AvgIpc) is 2.81. The van der Waals surface area contributed by atoms with Crippen LogP contribution in [0.4, 0.5) is 4.79 Å². The third kappa shape index (κ3) is 9.81. The van der Waals surface area contributed by atoms with Crippen LogP contribution in [0.5, 0.6) is 0 Å². The van der Waals surface area contributed by atoms with Crippen LogP contribution in [0.15, 0.2) is 78.2 Å². The number of carbonyl (C=O) groups is 1. The molecular formula is C26H36N2O6S. The second-order valence-corrected chi connectivity index (χ2v) is 10.8. The van der Waals surface area contributed by atoms with Crippen LogP contribution in [0.1, 0.15) is 32.8 Å². The normalized spacial score (nSPS) is 13.6. The molecule has 0 saturated heterocycles. The molecule has 0 radical (unpaired) electrons. The van der Waals surface area contributed by atoms with Crippen LogP contribution >= 0.6 is 0 Å². The number of hydrogen-bond acceptors (Lipinski definition) is 6. The Morgan fingerprint density at radius 2 is 1.71 bits per heavy atom. The van der Waals surface area contributed by atoms with Gasteiger partial charge in [-0.1, -0.05) is 54.6 Å². The number of nitrogens with one attached hydrogen (secondary N) is 1. The maximum absolute atomic E-state index is 13.1. The largest absolute Gasteiger partial charge is 0.444 e. The molecule has 35 heavy (non-hydrogen) atoms. The summed E-state index contributed by atoms with van der Waals surface area (Å²) in [5.74, 6) is 0. The number of aliphatic hydroxyl groups is 1. The molecule has 0 fully saturated rings. The molecule has 0 aliphatic heterocycles. The Morgan fingerprint density at radius 3 is 2.26 bits per heavy atom. The van der Waals surface area contributed by atoms with Crippen molar-refractivity contribution >= 4 is 16.1 Å². The molecule has 2 aromatic rings. The van der Waals surface area contributed by atoms with Crippen molar-refractivity contribution in [1.82, 2.24) is 9.62 Å². The molecule has 0 bridgehead atoms. The highest BCUT2D eigenvalue weighted by Gasteiger charge is 2.31. The lowest BCUT2D eigenvalue weighted by Crippen LogP contribution is -2.53. The second-order valence-electron chi connectivity index (χ2n) is 9.13. The summed E-state index contributed by atoms with van der Waals surface area (Å²) >= 11 is 0. The number of ether oxygens (including phenoxy) is 2. The molecule has 0 heterocycles. The van der Waals surface area contributed by atoms with E-state index in [0.717, 1.165) is 5.56 Å². The van der Waals surface area contributed by atoms with E-state index >= 15 is 0 Å². The number of sulfonamides is 1. The molecule has 0 spiro atoms. The lowest BCUT2D eigenvalue weighted by Gasteiger charge is -2.34. The number of hydrogen-bond donors (Lipinski definition) is 2. The Bertz CT molecular complexity index is 1020. The topological polar surface area (TPSA) is 105 Å². The number of rotatable bonds is 13. The highest BCUT2D eigenvalue weighted by Crippen LogP contribution is 2.16. The van der Waals surface area contributed by atoms with Crippen molar-refractivity contribution in [2.45, 2.75) is 56.4 Å². The van der Waals surface area contributed by atoms with E-state index < -0.39 is 33.8 Å². The first-order chi connectivity index (χ1) is 16.6. The van der Waals surface area contributed by atoms with E-state index in [4.69, 9.17) is 9.47 Å². The third-order valence-corrected chi connectivity index (χ3v) is 6.48. The molecule has 2 N–H and O–H groups in total. The molecule has 0 saturated carbocycles. The molecule has 0 aliphatic carbocycles. The van der Waals surface area contributed by atoms with Crippen molar-refractivity contribution in [3.63, 3.8) is 0 Å². The van der Waals surface area contributed by atoms with Crippen LogP contribution in [0.2, 0.25) is 0 Å². The summed E-state index contributed by atoms with van der Waals surface area (Å²) in [6.45, 7) is 8.77. The maximum Gasteiger partial charge on any atom is 0.410 e. The summed E-state index contributed by atoms with van der Waals surface area (Å²) in [5.41, 5.74) is 0.160. The highest BCUT2D eigenvalue weighted by atomic mass is 32.2. The van der Waals surface area contributed by atoms with Crippen LogP contribution in [0.25, 0.3) is 0 Å². The average molecular weight is 505 g/mol. The van der Waals surface area contributed by atoms with Gasteiger partial charge < -0.3 is 19.5 Å². The van der Waals surface area contributed by atoms with E-state index in [-0.39, 0.29) is 31.3 Å². The van der Waals surface area contributed by atoms with Gasteiger partial charge in [-0.05, 0) is 44.9 Å². The van der Waals surface area contributed by atoms with Crippen molar-refractivity contribution in [1.29, 1.82) is 0 Å². The van der Waals surface area contributed by atoms with Crippen LogP contribution in [0.3, 0.4) is 0 Å². The van der Waals surface area contributed by atoms with Gasteiger partial charge in [-0.2, -0.15) is 0 Å². The Kier molecular flexibility index (Phi) is 10.9. The Morgan fingerprint density at radius 1 is 1.11 bits per heavy atom. The Labute approximate surface area is 208 Å². The van der Waals surface area contributed by atoms with E-state index in [0.29, 0.717) is 6.42 Å². The molecule has 1 amide bonds. The zero-order valence-corrected chi connectivity index (χ0v) is 21.4. The van der Waals surface area contributed by atoms with Crippen LogP contribution in [-0.4, -0.2) is 62.0 Å². The molecule has 9 heteroatoms. The van der Waals surface area contributed by atoms with Crippen molar-refractivity contribution in [3.05, 3.63) is 78.9 Å². The number of aliphatic hydroxyl groups excluding tert-OH is 1. The van der Waals surface area contributed by atoms with E-state index in [2.05, 4.69) is 11.3 Å². The molecule has 8 nitrogen and oxygen atoms in total. The van der Waals surface area contributed by atoms with Gasteiger partial charge in [-0.3, -0.25) is 0 Å². The first-order valence-corrected chi connectivity index (χ1v) is 12.9. The lowest BCUT2D eigenvalue weighted by molar-refractivity contribution is 0.00357. The minimum absolute atomic E-state index is 0.00745. The molecule has 0 unspecified atom stereocenters. The van der Waals surface area contributed by atoms with Gasteiger partial charge in [-0.25, -0.2) is 17.9 Å². The molecule has 0 aromatic heterocycles. The minimum atomic E-state index is -3.90. The molecule has 2 rings (SSSR count). The lowest BCUT2D eigenvalue weighted by atomic mass is 10.1. The van der Waals surface area contributed by atoms with E-state index in [1.54, 1.807) is 45.0 Å². The fraction of sp³-hybridized carbons (Fsp3) is 0.423. The fourth-order valence-corrected chi connectivity index (χ4v) is 4.56. The number of benzene rings is 2. The van der Waals surface area contributed by atoms with Gasteiger partial charge in [-0.15, -0.1) is 6.58 Å². The van der Waals surface area contributed by atoms with Crippen LogP contribution in [0, 0.1) is 0 Å². The zero-order chi connectivity index (χ0) is 25.9. The van der Waals surface area contributed by atoms with Gasteiger partial charge in [0.05, 0.1) is 36.8 Å². The van der Waals surface area contributed by atoms with Crippen LogP contribution < -0.4 is 4.72 Å². The first kappa shape index (κ1) is 28.5. The third-order valence-electron chi connectivity index (χ3n) is 4.94. The van der Waals surface area contributed by atoms with Gasteiger partial charge in [0.15, 0.2) is 0 Å². The SMILES string of the molecule is C=CC[C@H](CO)N(C[C@H](COCc1ccccc1)NS(=O)(=O)c1ccccc1)C(=O)OC(C)(C)C. The van der Waals surface area contributed by atoms with Crippen molar-refractivity contribution in [2.24, 2.45) is 0 Å². The van der Waals surface area contributed by atoms with Gasteiger partial charge in [0.2, 0.25) is 10.0 Å². The van der Waals surface area contributed by atoms with Crippen molar-refractivity contribution in [3.8, 4) is 0 Å². The molecule has 2 atom stereocenters. The predicted molar refractivity (Wildman–Crippen MR) is 135 cm³/mol. The standard InChI is InChI=1S/C26H36N2O6S/c1-5-12-23(18-29)28(25(30)34-26(2,3)4)17-22(20-33-19-21-13-8-6-9-14-21)27-35(31,32)24-15-10-7-11-16-24/h5-11,13-16,22-23,27,29H,1,12,17-20H2,2-4H3/t22-,23-/m1/s1. The first-order valence-electron chi connectivity index (χ1n) is 11.5. The maximum atomic E-state index is 13.1. The molecule has 0 aliphatic rings. The molecule has 2 aromatic carbocycles. The van der Waals surface area contributed by atoms with Crippen molar-refractivity contribution < 1.29 is 27.8 Å². The second kappa shape index (κ2) is 13.4. The minimum Gasteiger partial charge on any atom is -0.444 e. The number of carbonyl (C=O) groups excluding carboxylic acids is 1. The Hall–Kier alpha value is -2.72. The zero-order valence-electron chi connectivity index (χ0n) is 20.6. The van der Waals surface area contributed by atoms with E-state index in [9.17, 15) is 18.3 Å². The summed E-state index contributed by atoms with van der Waals surface area (Å²) in [4.78, 5) is 14.5. The van der Waals surface area contributed by atoms with Crippen LogP contribution in [-0.2, 0) is 26.1 Å². The summed E-state index contributed by atoms with van der Waals surface area (Å²) in [5, 5.41) is 9.96. The Balaban J connectivity index is 2.29. The monoisotopic (exact) mass is 504 g/mol. The summed E-state index contributed by atoms with van der Waals surface area (Å²) < 4.78 is 40.1. The number of amides is 1. The van der Waals surface area contributed by atoms with E-state index in [1.165, 1.54) is 17.0 Å². The number of nitrogens with zero attached hydrogens (tertiary/aromatic N) is 1. The summed E-state index contributed by atoms with van der Waals surface area (Å²) in [6, 6.07) is 16.0. The van der Waals surface area contributed by atoms with Crippen molar-refractivity contribution in [2.75, 3.05) is 19.8 Å². The quantitative estimate of drug-likeness (QED) is 0.403. The van der Waals surface area contributed by atoms with Gasteiger partial charge >= 0.3 is 6.09 Å². The van der Waals surface area contributed by atoms with E-state index in [1.807, 2.05) is 30.3 Å². The summed E-state index contributed by atoms with van der Waals surface area (Å²) in [6.07, 6.45) is 1.23.